The van der Waals surface area contributed by atoms with Gasteiger partial charge in [-0.1, -0.05) is 0 Å². The molecule has 0 aromatic rings. The molecule has 2 N–H and O–H groups in total. The van der Waals surface area contributed by atoms with Gasteiger partial charge >= 0.3 is 6.09 Å². The Labute approximate surface area is 115 Å². The number of ether oxygens (including phenoxy) is 1. The van der Waals surface area contributed by atoms with E-state index in [1.54, 1.807) is 11.8 Å². The number of carbonyl (C=O) groups excluding carboxylic acids is 1. The second-order valence-corrected chi connectivity index (χ2v) is 6.27. The average molecular weight is 268 g/mol. The molecule has 6 nitrogen and oxygen atoms in total. The van der Waals surface area contributed by atoms with Crippen molar-refractivity contribution in [1.82, 2.24) is 9.80 Å². The SMILES string of the molecule is CC(N)(C#N)CN1CCN(C(=O)OC(C)(C)C)CC1. The van der Waals surface area contributed by atoms with Gasteiger partial charge in [0.05, 0.1) is 6.07 Å². The van der Waals surface area contributed by atoms with Crippen molar-refractivity contribution in [3.63, 3.8) is 0 Å². The van der Waals surface area contributed by atoms with Crippen molar-refractivity contribution >= 4 is 6.09 Å². The van der Waals surface area contributed by atoms with E-state index in [0.717, 1.165) is 0 Å². The van der Waals surface area contributed by atoms with Gasteiger partial charge in [-0.15, -0.1) is 0 Å². The summed E-state index contributed by atoms with van der Waals surface area (Å²) in [5.41, 5.74) is 4.51. The molecule has 1 rings (SSSR count). The fraction of sp³-hybridized carbons (Fsp3) is 0.846. The van der Waals surface area contributed by atoms with Crippen molar-refractivity contribution in [2.45, 2.75) is 38.8 Å². The third kappa shape index (κ3) is 5.45. The zero-order valence-corrected chi connectivity index (χ0v) is 12.3. The highest BCUT2D eigenvalue weighted by molar-refractivity contribution is 5.68. The summed E-state index contributed by atoms with van der Waals surface area (Å²) in [4.78, 5) is 15.7. The summed E-state index contributed by atoms with van der Waals surface area (Å²) in [5.74, 6) is 0. The lowest BCUT2D eigenvalue weighted by Gasteiger charge is -2.37. The Morgan fingerprint density at radius 1 is 1.26 bits per heavy atom. The fourth-order valence-electron chi connectivity index (χ4n) is 1.91. The first-order valence-electron chi connectivity index (χ1n) is 6.53. The van der Waals surface area contributed by atoms with Gasteiger partial charge < -0.3 is 15.4 Å². The Bertz CT molecular complexity index is 360. The third-order valence-electron chi connectivity index (χ3n) is 2.83. The van der Waals surface area contributed by atoms with Gasteiger partial charge in [0, 0.05) is 32.7 Å². The number of hydrogen-bond acceptors (Lipinski definition) is 5. The van der Waals surface area contributed by atoms with E-state index in [4.69, 9.17) is 15.7 Å². The lowest BCUT2D eigenvalue weighted by molar-refractivity contribution is 0.0137. The molecule has 0 saturated carbocycles. The molecule has 1 unspecified atom stereocenters. The van der Waals surface area contributed by atoms with Gasteiger partial charge in [-0.25, -0.2) is 4.79 Å². The van der Waals surface area contributed by atoms with Crippen LogP contribution in [0.25, 0.3) is 0 Å². The minimum atomic E-state index is -0.839. The predicted molar refractivity (Wildman–Crippen MR) is 72.5 cm³/mol. The summed E-state index contributed by atoms with van der Waals surface area (Å²) in [5, 5.41) is 8.91. The molecule has 1 fully saturated rings. The third-order valence-corrected chi connectivity index (χ3v) is 2.83. The number of carbonyl (C=O) groups is 1. The maximum absolute atomic E-state index is 11.9. The summed E-state index contributed by atoms with van der Waals surface area (Å²) < 4.78 is 5.33. The fourth-order valence-corrected chi connectivity index (χ4v) is 1.91. The predicted octanol–water partition coefficient (Wildman–Crippen LogP) is 0.780. The van der Waals surface area contributed by atoms with Crippen molar-refractivity contribution in [2.24, 2.45) is 5.73 Å². The van der Waals surface area contributed by atoms with Crippen LogP contribution in [0.15, 0.2) is 0 Å². The number of rotatable bonds is 2. The highest BCUT2D eigenvalue weighted by Gasteiger charge is 2.28. The molecule has 0 aromatic heterocycles. The lowest BCUT2D eigenvalue weighted by atomic mass is 10.1. The van der Waals surface area contributed by atoms with Crippen molar-refractivity contribution in [3.05, 3.63) is 0 Å². The number of amides is 1. The van der Waals surface area contributed by atoms with Gasteiger partial charge in [0.15, 0.2) is 0 Å². The van der Waals surface area contributed by atoms with Gasteiger partial charge in [-0.3, -0.25) is 4.90 Å². The van der Waals surface area contributed by atoms with Crippen LogP contribution in [-0.4, -0.2) is 59.8 Å². The normalized spacial score (nSPS) is 20.5. The van der Waals surface area contributed by atoms with Crippen LogP contribution in [0.2, 0.25) is 0 Å². The summed E-state index contributed by atoms with van der Waals surface area (Å²) in [7, 11) is 0. The number of nitrogens with two attached hydrogens (primary N) is 1. The van der Waals surface area contributed by atoms with E-state index >= 15 is 0 Å². The van der Waals surface area contributed by atoms with Crippen molar-refractivity contribution < 1.29 is 9.53 Å². The monoisotopic (exact) mass is 268 g/mol. The number of nitrogens with zero attached hydrogens (tertiary/aromatic N) is 3. The largest absolute Gasteiger partial charge is 0.444 e. The van der Waals surface area contributed by atoms with Crippen LogP contribution >= 0.6 is 0 Å². The van der Waals surface area contributed by atoms with E-state index in [9.17, 15) is 4.79 Å². The molecule has 108 valence electrons. The Kier molecular flexibility index (Phi) is 4.77. The minimum absolute atomic E-state index is 0.275. The summed E-state index contributed by atoms with van der Waals surface area (Å²) in [6.45, 7) is 10.4. The van der Waals surface area contributed by atoms with Crippen LogP contribution in [-0.2, 0) is 4.74 Å². The van der Waals surface area contributed by atoms with Crippen LogP contribution in [0.5, 0.6) is 0 Å². The molecular weight excluding hydrogens is 244 g/mol. The Hall–Kier alpha value is -1.32. The van der Waals surface area contributed by atoms with Gasteiger partial charge in [0.1, 0.15) is 11.1 Å². The van der Waals surface area contributed by atoms with E-state index < -0.39 is 11.1 Å². The molecule has 0 aliphatic carbocycles. The molecule has 1 saturated heterocycles. The topological polar surface area (TPSA) is 82.6 Å². The van der Waals surface area contributed by atoms with Gasteiger partial charge in [0.25, 0.3) is 0 Å². The summed E-state index contributed by atoms with van der Waals surface area (Å²) >= 11 is 0. The summed E-state index contributed by atoms with van der Waals surface area (Å²) in [6.07, 6.45) is -0.275. The second kappa shape index (κ2) is 5.76. The number of piperazine rings is 1. The molecule has 0 radical (unpaired) electrons. The molecule has 0 bridgehead atoms. The van der Waals surface area contributed by atoms with Gasteiger partial charge in [-0.05, 0) is 27.7 Å². The molecule has 19 heavy (non-hydrogen) atoms. The number of hydrogen-bond donors (Lipinski definition) is 1. The van der Waals surface area contributed by atoms with Gasteiger partial charge in [-0.2, -0.15) is 5.26 Å². The molecule has 1 heterocycles. The quantitative estimate of drug-likeness (QED) is 0.800. The van der Waals surface area contributed by atoms with E-state index in [0.29, 0.717) is 32.7 Å². The highest BCUT2D eigenvalue weighted by atomic mass is 16.6. The first-order valence-corrected chi connectivity index (χ1v) is 6.53. The van der Waals surface area contributed by atoms with Crippen LogP contribution in [0, 0.1) is 11.3 Å². The molecule has 1 amide bonds. The maximum Gasteiger partial charge on any atom is 0.410 e. The van der Waals surface area contributed by atoms with Crippen molar-refractivity contribution in [3.8, 4) is 6.07 Å². The van der Waals surface area contributed by atoms with Crippen LogP contribution in [0.4, 0.5) is 4.79 Å². The van der Waals surface area contributed by atoms with Crippen molar-refractivity contribution in [2.75, 3.05) is 32.7 Å². The number of nitriles is 1. The van der Waals surface area contributed by atoms with Gasteiger partial charge in [0.2, 0.25) is 0 Å². The van der Waals surface area contributed by atoms with Crippen molar-refractivity contribution in [1.29, 1.82) is 5.26 Å². The maximum atomic E-state index is 11.9. The van der Waals surface area contributed by atoms with E-state index in [1.165, 1.54) is 0 Å². The smallest absolute Gasteiger partial charge is 0.410 e. The second-order valence-electron chi connectivity index (χ2n) is 6.27. The van der Waals surface area contributed by atoms with Crippen LogP contribution in [0.3, 0.4) is 0 Å². The van der Waals surface area contributed by atoms with E-state index in [2.05, 4.69) is 11.0 Å². The van der Waals surface area contributed by atoms with Crippen LogP contribution < -0.4 is 5.73 Å². The average Bonchev–Trinajstić information content (AvgIpc) is 2.27. The molecule has 6 heteroatoms. The molecule has 0 aromatic carbocycles. The Morgan fingerprint density at radius 2 is 1.79 bits per heavy atom. The van der Waals surface area contributed by atoms with Crippen LogP contribution in [0.1, 0.15) is 27.7 Å². The zero-order chi connectivity index (χ0) is 14.7. The summed E-state index contributed by atoms with van der Waals surface area (Å²) in [6, 6.07) is 2.08. The standard InChI is InChI=1S/C13H24N4O2/c1-12(2,3)19-11(18)17-7-5-16(6-8-17)10-13(4,15)9-14/h5-8,10,15H2,1-4H3. The molecule has 1 aliphatic rings. The first kappa shape index (κ1) is 15.7. The highest BCUT2D eigenvalue weighted by Crippen LogP contribution is 2.12. The Morgan fingerprint density at radius 3 is 2.21 bits per heavy atom. The molecule has 1 atom stereocenters. The Balaban J connectivity index is 2.41. The molecular formula is C13H24N4O2. The van der Waals surface area contributed by atoms with E-state index in [-0.39, 0.29) is 6.09 Å². The lowest BCUT2D eigenvalue weighted by Crippen LogP contribution is -2.55. The first-order chi connectivity index (χ1) is 8.63. The minimum Gasteiger partial charge on any atom is -0.444 e. The molecule has 1 aliphatic heterocycles. The zero-order valence-electron chi connectivity index (χ0n) is 12.3. The molecule has 0 spiro atoms. The van der Waals surface area contributed by atoms with E-state index in [1.807, 2.05) is 20.8 Å².